The van der Waals surface area contributed by atoms with E-state index >= 15 is 0 Å². The third-order valence-electron chi connectivity index (χ3n) is 4.84. The number of nitrogens with one attached hydrogen (secondary N) is 1. The minimum absolute atomic E-state index is 0.0625. The van der Waals surface area contributed by atoms with Gasteiger partial charge in [0, 0.05) is 24.0 Å². The topological polar surface area (TPSA) is 64.0 Å². The van der Waals surface area contributed by atoms with Gasteiger partial charge in [0.1, 0.15) is 0 Å². The molecule has 1 aliphatic rings. The number of aryl methyl sites for hydroxylation is 1. The molecule has 1 amide bonds. The van der Waals surface area contributed by atoms with E-state index in [-0.39, 0.29) is 11.9 Å². The van der Waals surface area contributed by atoms with Gasteiger partial charge in [0.15, 0.2) is 6.29 Å². The lowest BCUT2D eigenvalue weighted by Gasteiger charge is -2.12. The SMILES string of the molecule is O=Cc1cc(/C=C/C(=O)NC2CCc3ccccc32)ccc1-n1ccnc1. The molecule has 134 valence electrons. The third-order valence-corrected chi connectivity index (χ3v) is 4.84. The van der Waals surface area contributed by atoms with Gasteiger partial charge in [0.2, 0.25) is 5.91 Å². The van der Waals surface area contributed by atoms with Crippen molar-refractivity contribution in [2.45, 2.75) is 18.9 Å². The zero-order valence-electron chi connectivity index (χ0n) is 14.7. The highest BCUT2D eigenvalue weighted by atomic mass is 16.1. The first-order valence-electron chi connectivity index (χ1n) is 8.88. The number of carbonyl (C=O) groups is 2. The lowest BCUT2D eigenvalue weighted by Crippen LogP contribution is -2.25. The molecule has 2 aromatic carbocycles. The van der Waals surface area contributed by atoms with Crippen LogP contribution < -0.4 is 5.32 Å². The second kappa shape index (κ2) is 7.41. The number of nitrogens with zero attached hydrogens (tertiary/aromatic N) is 2. The van der Waals surface area contributed by atoms with E-state index in [1.165, 1.54) is 17.2 Å². The normalized spacial score (nSPS) is 15.6. The second-order valence-corrected chi connectivity index (χ2v) is 6.54. The van der Waals surface area contributed by atoms with Crippen molar-refractivity contribution < 1.29 is 9.59 Å². The number of aldehydes is 1. The van der Waals surface area contributed by atoms with E-state index in [2.05, 4.69) is 22.4 Å². The molecule has 1 unspecified atom stereocenters. The van der Waals surface area contributed by atoms with Gasteiger partial charge in [-0.3, -0.25) is 9.59 Å². The molecule has 3 aromatic rings. The standard InChI is InChI=1S/C22H19N3O2/c26-14-18-13-16(5-9-21(18)25-12-11-23-15-25)6-10-22(27)24-20-8-7-17-3-1-2-4-19(17)20/h1-6,9-15,20H,7-8H2,(H,24,27)/b10-6+. The molecule has 0 spiro atoms. The maximum Gasteiger partial charge on any atom is 0.244 e. The summed E-state index contributed by atoms with van der Waals surface area (Å²) in [7, 11) is 0. The largest absolute Gasteiger partial charge is 0.346 e. The van der Waals surface area contributed by atoms with E-state index < -0.39 is 0 Å². The van der Waals surface area contributed by atoms with Gasteiger partial charge in [-0.15, -0.1) is 0 Å². The van der Waals surface area contributed by atoms with Crippen molar-refractivity contribution in [2.75, 3.05) is 0 Å². The van der Waals surface area contributed by atoms with Gasteiger partial charge < -0.3 is 9.88 Å². The number of carbonyl (C=O) groups excluding carboxylic acids is 2. The Kier molecular flexibility index (Phi) is 4.66. The first-order chi connectivity index (χ1) is 13.2. The van der Waals surface area contributed by atoms with Crippen LogP contribution in [-0.4, -0.2) is 21.7 Å². The lowest BCUT2D eigenvalue weighted by molar-refractivity contribution is -0.117. The van der Waals surface area contributed by atoms with E-state index in [1.54, 1.807) is 35.4 Å². The monoisotopic (exact) mass is 357 g/mol. The average molecular weight is 357 g/mol. The Balaban J connectivity index is 1.47. The van der Waals surface area contributed by atoms with E-state index in [0.717, 1.165) is 30.4 Å². The predicted octanol–water partition coefficient (Wildman–Crippen LogP) is 3.50. The van der Waals surface area contributed by atoms with Crippen molar-refractivity contribution in [3.05, 3.63) is 89.5 Å². The van der Waals surface area contributed by atoms with Gasteiger partial charge in [0.25, 0.3) is 0 Å². The van der Waals surface area contributed by atoms with E-state index in [1.807, 2.05) is 24.3 Å². The highest BCUT2D eigenvalue weighted by Gasteiger charge is 2.22. The van der Waals surface area contributed by atoms with Crippen LogP contribution in [0.5, 0.6) is 0 Å². The first kappa shape index (κ1) is 17.0. The number of rotatable bonds is 5. The summed E-state index contributed by atoms with van der Waals surface area (Å²) in [5, 5.41) is 3.06. The van der Waals surface area contributed by atoms with Gasteiger partial charge >= 0.3 is 0 Å². The fourth-order valence-electron chi connectivity index (χ4n) is 3.51. The van der Waals surface area contributed by atoms with E-state index in [9.17, 15) is 9.59 Å². The van der Waals surface area contributed by atoms with Crippen LogP contribution in [0.25, 0.3) is 11.8 Å². The van der Waals surface area contributed by atoms with Gasteiger partial charge in [-0.2, -0.15) is 0 Å². The van der Waals surface area contributed by atoms with Crippen molar-refractivity contribution in [2.24, 2.45) is 0 Å². The minimum Gasteiger partial charge on any atom is -0.346 e. The van der Waals surface area contributed by atoms with Crippen molar-refractivity contribution in [3.8, 4) is 5.69 Å². The predicted molar refractivity (Wildman–Crippen MR) is 104 cm³/mol. The Morgan fingerprint density at radius 2 is 2.11 bits per heavy atom. The molecule has 1 heterocycles. The van der Waals surface area contributed by atoms with Crippen molar-refractivity contribution in [3.63, 3.8) is 0 Å². The summed E-state index contributed by atoms with van der Waals surface area (Å²) < 4.78 is 1.78. The van der Waals surface area contributed by atoms with Crippen LogP contribution in [0.1, 0.15) is 39.5 Å². The van der Waals surface area contributed by atoms with E-state index in [0.29, 0.717) is 5.56 Å². The molecule has 0 fully saturated rings. The molecular formula is C22H19N3O2. The van der Waals surface area contributed by atoms with Crippen LogP contribution >= 0.6 is 0 Å². The zero-order chi connectivity index (χ0) is 18.6. The summed E-state index contributed by atoms with van der Waals surface area (Å²) in [6.45, 7) is 0. The number of aromatic nitrogens is 2. The molecule has 0 saturated heterocycles. The Morgan fingerprint density at radius 1 is 1.22 bits per heavy atom. The van der Waals surface area contributed by atoms with Gasteiger partial charge in [0.05, 0.1) is 18.1 Å². The van der Waals surface area contributed by atoms with Crippen LogP contribution in [0, 0.1) is 0 Å². The van der Waals surface area contributed by atoms with E-state index in [4.69, 9.17) is 0 Å². The zero-order valence-corrected chi connectivity index (χ0v) is 14.7. The van der Waals surface area contributed by atoms with Crippen molar-refractivity contribution >= 4 is 18.3 Å². The summed E-state index contributed by atoms with van der Waals surface area (Å²) in [5.74, 6) is -0.136. The molecule has 1 aromatic heterocycles. The Hall–Kier alpha value is -3.47. The fraction of sp³-hybridized carbons (Fsp3) is 0.136. The molecule has 0 saturated carbocycles. The third kappa shape index (κ3) is 3.58. The Bertz CT molecular complexity index is 1010. The molecule has 5 heteroatoms. The Morgan fingerprint density at radius 3 is 2.93 bits per heavy atom. The van der Waals surface area contributed by atoms with Crippen LogP contribution in [0.4, 0.5) is 0 Å². The molecule has 1 N–H and O–H groups in total. The minimum atomic E-state index is -0.136. The molecule has 4 rings (SSSR count). The smallest absolute Gasteiger partial charge is 0.244 e. The van der Waals surface area contributed by atoms with Crippen molar-refractivity contribution in [1.29, 1.82) is 0 Å². The molecule has 0 bridgehead atoms. The molecule has 1 atom stereocenters. The molecule has 1 aliphatic carbocycles. The van der Waals surface area contributed by atoms with Gasteiger partial charge in [-0.05, 0) is 47.7 Å². The highest BCUT2D eigenvalue weighted by Crippen LogP contribution is 2.30. The molecule has 0 radical (unpaired) electrons. The number of benzene rings is 2. The number of imidazole rings is 1. The average Bonchev–Trinajstić information content (AvgIpc) is 3.37. The first-order valence-corrected chi connectivity index (χ1v) is 8.88. The molecule has 0 aliphatic heterocycles. The number of amides is 1. The molecular weight excluding hydrogens is 338 g/mol. The molecule has 27 heavy (non-hydrogen) atoms. The summed E-state index contributed by atoms with van der Waals surface area (Å²) in [6, 6.07) is 13.8. The summed E-state index contributed by atoms with van der Waals surface area (Å²) in [5.41, 5.74) is 4.60. The number of hydrogen-bond donors (Lipinski definition) is 1. The Labute approximate surface area is 157 Å². The van der Waals surface area contributed by atoms with Crippen LogP contribution in [0.3, 0.4) is 0 Å². The molecule has 5 nitrogen and oxygen atoms in total. The summed E-state index contributed by atoms with van der Waals surface area (Å²) >= 11 is 0. The van der Waals surface area contributed by atoms with Gasteiger partial charge in [-0.25, -0.2) is 4.98 Å². The van der Waals surface area contributed by atoms with Crippen LogP contribution in [-0.2, 0) is 11.2 Å². The van der Waals surface area contributed by atoms with Crippen molar-refractivity contribution in [1.82, 2.24) is 14.9 Å². The van der Waals surface area contributed by atoms with Crippen LogP contribution in [0.15, 0.2) is 67.3 Å². The maximum absolute atomic E-state index is 12.3. The van der Waals surface area contributed by atoms with Gasteiger partial charge in [-0.1, -0.05) is 30.3 Å². The number of hydrogen-bond acceptors (Lipinski definition) is 3. The number of fused-ring (bicyclic) bond motifs is 1. The quantitative estimate of drug-likeness (QED) is 0.561. The fourth-order valence-corrected chi connectivity index (χ4v) is 3.51. The van der Waals surface area contributed by atoms with Crippen LogP contribution in [0.2, 0.25) is 0 Å². The maximum atomic E-state index is 12.3. The lowest BCUT2D eigenvalue weighted by atomic mass is 10.1. The summed E-state index contributed by atoms with van der Waals surface area (Å²) in [4.78, 5) is 27.7. The highest BCUT2D eigenvalue weighted by molar-refractivity contribution is 5.92. The summed E-state index contributed by atoms with van der Waals surface area (Å²) in [6.07, 6.45) is 11.0. The second-order valence-electron chi connectivity index (χ2n) is 6.54.